The zero-order valence-corrected chi connectivity index (χ0v) is 17.0. The van der Waals surface area contributed by atoms with Crippen LogP contribution in [0.1, 0.15) is 33.5 Å². The lowest BCUT2D eigenvalue weighted by Gasteiger charge is -2.27. The normalized spacial score (nSPS) is 14.2. The van der Waals surface area contributed by atoms with Crippen LogP contribution in [0.3, 0.4) is 0 Å². The molecule has 3 rings (SSSR count). The fourth-order valence-electron chi connectivity index (χ4n) is 3.01. The van der Waals surface area contributed by atoms with Crippen LogP contribution in [-0.4, -0.2) is 36.9 Å². The average molecular weight is 391 g/mol. The van der Waals surface area contributed by atoms with E-state index in [-0.39, 0.29) is 5.91 Å². The van der Waals surface area contributed by atoms with Crippen LogP contribution in [-0.2, 0) is 30.7 Å². The van der Waals surface area contributed by atoms with Gasteiger partial charge in [0.05, 0.1) is 6.54 Å². The van der Waals surface area contributed by atoms with Crippen molar-refractivity contribution < 1.29 is 4.79 Å². The van der Waals surface area contributed by atoms with E-state index in [2.05, 4.69) is 46.1 Å². The number of thiophene rings is 2. The SMILES string of the molecule is CCc1ccc(CNC(=NC)NCCC(=O)N2CCc3sccc3C2)s1. The minimum Gasteiger partial charge on any atom is -0.356 e. The highest BCUT2D eigenvalue weighted by Crippen LogP contribution is 2.24. The van der Waals surface area contributed by atoms with E-state index < -0.39 is 0 Å². The maximum Gasteiger partial charge on any atom is 0.224 e. The summed E-state index contributed by atoms with van der Waals surface area (Å²) in [6.45, 7) is 5.10. The van der Waals surface area contributed by atoms with Crippen molar-refractivity contribution in [1.82, 2.24) is 15.5 Å². The summed E-state index contributed by atoms with van der Waals surface area (Å²) in [5, 5.41) is 8.67. The molecule has 1 aliphatic heterocycles. The molecule has 26 heavy (non-hydrogen) atoms. The van der Waals surface area contributed by atoms with Gasteiger partial charge in [-0.1, -0.05) is 6.92 Å². The number of nitrogens with one attached hydrogen (secondary N) is 2. The second kappa shape index (κ2) is 9.19. The summed E-state index contributed by atoms with van der Waals surface area (Å²) in [6.07, 6.45) is 2.54. The summed E-state index contributed by atoms with van der Waals surface area (Å²) in [7, 11) is 1.76. The van der Waals surface area contributed by atoms with Crippen molar-refractivity contribution in [3.05, 3.63) is 43.8 Å². The highest BCUT2D eigenvalue weighted by molar-refractivity contribution is 7.12. The fraction of sp³-hybridized carbons (Fsp3) is 0.474. The van der Waals surface area contributed by atoms with Crippen molar-refractivity contribution in [3.8, 4) is 0 Å². The smallest absolute Gasteiger partial charge is 0.224 e. The van der Waals surface area contributed by atoms with Crippen LogP contribution >= 0.6 is 22.7 Å². The van der Waals surface area contributed by atoms with Crippen LogP contribution in [0.5, 0.6) is 0 Å². The molecule has 0 saturated carbocycles. The van der Waals surface area contributed by atoms with E-state index in [1.54, 1.807) is 18.4 Å². The maximum absolute atomic E-state index is 12.4. The number of guanidine groups is 1. The van der Waals surface area contributed by atoms with Crippen LogP contribution in [0.15, 0.2) is 28.6 Å². The lowest BCUT2D eigenvalue weighted by Crippen LogP contribution is -2.40. The Labute approximate surface area is 163 Å². The molecule has 0 aromatic carbocycles. The highest BCUT2D eigenvalue weighted by Gasteiger charge is 2.20. The molecule has 1 aliphatic rings. The van der Waals surface area contributed by atoms with Gasteiger partial charge >= 0.3 is 0 Å². The number of fused-ring (bicyclic) bond motifs is 1. The quantitative estimate of drug-likeness (QED) is 0.589. The molecule has 0 aliphatic carbocycles. The third kappa shape index (κ3) is 4.86. The monoisotopic (exact) mass is 390 g/mol. The molecule has 5 nitrogen and oxygen atoms in total. The first-order valence-corrected chi connectivity index (χ1v) is 10.7. The van der Waals surface area contributed by atoms with E-state index in [9.17, 15) is 4.79 Å². The molecule has 0 fully saturated rings. The number of nitrogens with zero attached hydrogens (tertiary/aromatic N) is 2. The lowest BCUT2D eigenvalue weighted by molar-refractivity contribution is -0.131. The Kier molecular flexibility index (Phi) is 6.68. The Morgan fingerprint density at radius 3 is 2.88 bits per heavy atom. The summed E-state index contributed by atoms with van der Waals surface area (Å²) < 4.78 is 0. The molecule has 7 heteroatoms. The number of hydrogen-bond acceptors (Lipinski definition) is 4. The number of aryl methyl sites for hydroxylation is 1. The first kappa shape index (κ1) is 18.9. The molecule has 3 heterocycles. The van der Waals surface area contributed by atoms with Gasteiger partial charge in [-0.3, -0.25) is 9.79 Å². The van der Waals surface area contributed by atoms with Gasteiger partial charge in [-0.2, -0.15) is 0 Å². The number of hydrogen-bond donors (Lipinski definition) is 2. The molecule has 2 aromatic heterocycles. The number of carbonyl (C=O) groups excluding carboxylic acids is 1. The Hall–Kier alpha value is -1.86. The third-order valence-electron chi connectivity index (χ3n) is 4.51. The summed E-state index contributed by atoms with van der Waals surface area (Å²) in [4.78, 5) is 22.8. The van der Waals surface area contributed by atoms with Crippen LogP contribution in [0.2, 0.25) is 0 Å². The van der Waals surface area contributed by atoms with E-state index in [1.165, 1.54) is 20.2 Å². The van der Waals surface area contributed by atoms with Gasteiger partial charge in [0.15, 0.2) is 5.96 Å². The summed E-state index contributed by atoms with van der Waals surface area (Å²) >= 11 is 3.62. The van der Waals surface area contributed by atoms with E-state index in [4.69, 9.17) is 0 Å². The summed E-state index contributed by atoms with van der Waals surface area (Å²) in [5.41, 5.74) is 1.31. The van der Waals surface area contributed by atoms with Gasteiger partial charge < -0.3 is 15.5 Å². The molecule has 0 unspecified atom stereocenters. The van der Waals surface area contributed by atoms with Crippen molar-refractivity contribution >= 4 is 34.5 Å². The molecule has 0 radical (unpaired) electrons. The molecule has 0 saturated heterocycles. The van der Waals surface area contributed by atoms with Crippen LogP contribution in [0.25, 0.3) is 0 Å². The van der Waals surface area contributed by atoms with Gasteiger partial charge in [-0.05, 0) is 42.0 Å². The second-order valence-electron chi connectivity index (χ2n) is 6.26. The largest absolute Gasteiger partial charge is 0.356 e. The molecular formula is C19H26N4OS2. The summed E-state index contributed by atoms with van der Waals surface area (Å²) in [5.74, 6) is 0.943. The van der Waals surface area contributed by atoms with Gasteiger partial charge in [-0.15, -0.1) is 22.7 Å². The Morgan fingerprint density at radius 2 is 2.12 bits per heavy atom. The van der Waals surface area contributed by atoms with Gasteiger partial charge in [0.25, 0.3) is 0 Å². The third-order valence-corrected chi connectivity index (χ3v) is 6.76. The van der Waals surface area contributed by atoms with Crippen LogP contribution in [0, 0.1) is 0 Å². The van der Waals surface area contributed by atoms with Crippen molar-refractivity contribution in [2.45, 2.75) is 39.3 Å². The Morgan fingerprint density at radius 1 is 1.27 bits per heavy atom. The minimum atomic E-state index is 0.204. The Balaban J connectivity index is 1.39. The standard InChI is InChI=1S/C19H26N4OS2/c1-3-15-4-5-16(26-15)12-22-19(20-2)21-9-6-18(24)23-10-7-17-14(13-23)8-11-25-17/h4-5,8,11H,3,6-7,9-10,12-13H2,1-2H3,(H2,20,21,22). The van der Waals surface area contributed by atoms with Crippen LogP contribution < -0.4 is 10.6 Å². The van der Waals surface area contributed by atoms with Crippen LogP contribution in [0.4, 0.5) is 0 Å². The highest BCUT2D eigenvalue weighted by atomic mass is 32.1. The number of aliphatic imine (C=N–C) groups is 1. The summed E-state index contributed by atoms with van der Waals surface area (Å²) in [6, 6.07) is 6.47. The van der Waals surface area contributed by atoms with Crippen molar-refractivity contribution in [2.24, 2.45) is 4.99 Å². The zero-order chi connectivity index (χ0) is 18.4. The van der Waals surface area contributed by atoms with Gasteiger partial charge in [0.2, 0.25) is 5.91 Å². The number of rotatable bonds is 6. The lowest BCUT2D eigenvalue weighted by atomic mass is 10.1. The van der Waals surface area contributed by atoms with E-state index in [0.717, 1.165) is 38.4 Å². The van der Waals surface area contributed by atoms with E-state index >= 15 is 0 Å². The maximum atomic E-state index is 12.4. The molecule has 2 aromatic rings. The molecule has 140 valence electrons. The molecule has 0 bridgehead atoms. The Bertz CT molecular complexity index is 765. The molecular weight excluding hydrogens is 364 g/mol. The van der Waals surface area contributed by atoms with E-state index in [0.29, 0.717) is 13.0 Å². The number of amides is 1. The average Bonchev–Trinajstić information content (AvgIpc) is 3.32. The van der Waals surface area contributed by atoms with Gasteiger partial charge in [-0.25, -0.2) is 0 Å². The van der Waals surface area contributed by atoms with Crippen molar-refractivity contribution in [3.63, 3.8) is 0 Å². The zero-order valence-electron chi connectivity index (χ0n) is 15.4. The molecule has 2 N–H and O–H groups in total. The van der Waals surface area contributed by atoms with Gasteiger partial charge in [0.1, 0.15) is 0 Å². The fourth-order valence-corrected chi connectivity index (χ4v) is 4.79. The van der Waals surface area contributed by atoms with Gasteiger partial charge in [0, 0.05) is 47.7 Å². The first-order chi connectivity index (χ1) is 12.7. The molecule has 0 atom stereocenters. The van der Waals surface area contributed by atoms with E-state index in [1.807, 2.05) is 16.2 Å². The number of carbonyl (C=O) groups is 1. The predicted octanol–water partition coefficient (Wildman–Crippen LogP) is 3.01. The second-order valence-corrected chi connectivity index (χ2v) is 8.51. The first-order valence-electron chi connectivity index (χ1n) is 9.04. The van der Waals surface area contributed by atoms with Crippen molar-refractivity contribution in [1.29, 1.82) is 0 Å². The molecule has 1 amide bonds. The minimum absolute atomic E-state index is 0.204. The van der Waals surface area contributed by atoms with Crippen molar-refractivity contribution in [2.75, 3.05) is 20.1 Å². The topological polar surface area (TPSA) is 56.7 Å². The predicted molar refractivity (Wildman–Crippen MR) is 110 cm³/mol. The molecule has 0 spiro atoms.